The van der Waals surface area contributed by atoms with E-state index < -0.39 is 23.5 Å². The number of carbonyl (C=O) groups is 2. The Labute approximate surface area is 167 Å². The number of anilines is 1. The van der Waals surface area contributed by atoms with Gasteiger partial charge in [0.2, 0.25) is 5.82 Å². The second-order valence-corrected chi connectivity index (χ2v) is 7.85. The van der Waals surface area contributed by atoms with E-state index in [1.807, 2.05) is 25.7 Å². The molecule has 1 aliphatic rings. The van der Waals surface area contributed by atoms with Gasteiger partial charge in [-0.15, -0.1) is 4.37 Å². The lowest BCUT2D eigenvalue weighted by atomic mass is 9.99. The minimum atomic E-state index is -1.31. The molecule has 10 nitrogen and oxygen atoms in total. The number of hydrogen-bond donors (Lipinski definition) is 3. The van der Waals surface area contributed by atoms with Crippen molar-refractivity contribution in [3.8, 4) is 5.88 Å². The molecule has 1 unspecified atom stereocenters. The first kappa shape index (κ1) is 22.1. The van der Waals surface area contributed by atoms with E-state index in [1.54, 1.807) is 0 Å². The third-order valence-corrected chi connectivity index (χ3v) is 4.41. The molecule has 0 saturated carbocycles. The predicted octanol–water partition coefficient (Wildman–Crippen LogP) is 0.996. The molecule has 11 heteroatoms. The minimum Gasteiger partial charge on any atom is -0.478 e. The Morgan fingerprint density at radius 1 is 1.32 bits per heavy atom. The van der Waals surface area contributed by atoms with Gasteiger partial charge in [-0.1, -0.05) is 0 Å². The maximum absolute atomic E-state index is 11.6. The van der Waals surface area contributed by atoms with Crippen molar-refractivity contribution in [1.29, 1.82) is 0 Å². The van der Waals surface area contributed by atoms with Gasteiger partial charge in [-0.3, -0.25) is 0 Å². The normalized spacial score (nSPS) is 16.7. The molecule has 1 aromatic rings. The van der Waals surface area contributed by atoms with Gasteiger partial charge in [0.1, 0.15) is 0 Å². The lowest BCUT2D eigenvalue weighted by molar-refractivity contribution is -0.135. The molecular weight excluding hydrogens is 388 g/mol. The van der Waals surface area contributed by atoms with Crippen molar-refractivity contribution >= 4 is 29.5 Å². The Balaban J connectivity index is 2.06. The molecule has 1 aliphatic heterocycles. The number of aliphatic carboxylic acids is 2. The van der Waals surface area contributed by atoms with Gasteiger partial charge in [-0.05, 0) is 20.8 Å². The first-order valence-corrected chi connectivity index (χ1v) is 9.64. The summed E-state index contributed by atoms with van der Waals surface area (Å²) in [4.78, 5) is 24.6. The minimum absolute atomic E-state index is 0.154. The fraction of sp³-hybridized carbons (Fsp3) is 0.647. The number of hydrogen-bond acceptors (Lipinski definition) is 9. The summed E-state index contributed by atoms with van der Waals surface area (Å²) in [5.74, 6) is -1.56. The number of nitrogens with one attached hydrogen (secondary N) is 1. The van der Waals surface area contributed by atoms with Crippen LogP contribution >= 0.6 is 11.7 Å². The molecule has 0 aromatic carbocycles. The summed E-state index contributed by atoms with van der Waals surface area (Å²) in [7, 11) is 0. The number of morpholine rings is 1. The first-order valence-electron chi connectivity index (χ1n) is 8.91. The summed E-state index contributed by atoms with van der Waals surface area (Å²) in [6.45, 7) is 8.39. The van der Waals surface area contributed by atoms with E-state index in [4.69, 9.17) is 14.6 Å². The molecule has 0 spiro atoms. The van der Waals surface area contributed by atoms with Crippen molar-refractivity contribution < 1.29 is 29.3 Å². The Morgan fingerprint density at radius 3 is 2.57 bits per heavy atom. The summed E-state index contributed by atoms with van der Waals surface area (Å²) >= 11 is 1.04. The van der Waals surface area contributed by atoms with Crippen LogP contribution < -0.4 is 15.0 Å². The number of carboxylic acids is 2. The van der Waals surface area contributed by atoms with Crippen LogP contribution in [0.3, 0.4) is 0 Å². The van der Waals surface area contributed by atoms with Crippen LogP contribution in [0.25, 0.3) is 0 Å². The highest BCUT2D eigenvalue weighted by Crippen LogP contribution is 2.26. The quantitative estimate of drug-likeness (QED) is 0.502. The monoisotopic (exact) mass is 414 g/mol. The number of carboxylic acid groups (broad SMARTS) is 2. The number of nitrogens with zero attached hydrogens (tertiary/aromatic N) is 3. The van der Waals surface area contributed by atoms with Crippen molar-refractivity contribution in [2.45, 2.75) is 38.8 Å². The van der Waals surface area contributed by atoms with Crippen LogP contribution in [0.5, 0.6) is 5.88 Å². The van der Waals surface area contributed by atoms with E-state index in [0.717, 1.165) is 17.8 Å². The third kappa shape index (κ3) is 6.73. The van der Waals surface area contributed by atoms with Gasteiger partial charge in [0.15, 0.2) is 0 Å². The second-order valence-electron chi connectivity index (χ2n) is 7.32. The van der Waals surface area contributed by atoms with Crippen LogP contribution in [0.15, 0.2) is 11.6 Å². The molecule has 2 rings (SSSR count). The molecule has 1 saturated heterocycles. The van der Waals surface area contributed by atoms with Crippen molar-refractivity contribution in [3.63, 3.8) is 0 Å². The van der Waals surface area contributed by atoms with E-state index >= 15 is 0 Å². The van der Waals surface area contributed by atoms with Crippen LogP contribution in [-0.2, 0) is 14.3 Å². The maximum atomic E-state index is 11.6. The molecule has 1 aromatic heterocycles. The molecule has 1 fully saturated rings. The zero-order valence-corrected chi connectivity index (χ0v) is 17.0. The van der Waals surface area contributed by atoms with Crippen molar-refractivity contribution in [3.05, 3.63) is 11.6 Å². The largest absolute Gasteiger partial charge is 0.478 e. The molecule has 1 atom stereocenters. The average Bonchev–Trinajstić information content (AvgIpc) is 3.06. The van der Waals surface area contributed by atoms with Crippen LogP contribution in [0.2, 0.25) is 0 Å². The van der Waals surface area contributed by atoms with Crippen molar-refractivity contribution in [2.75, 3.05) is 37.8 Å². The van der Waals surface area contributed by atoms with Crippen LogP contribution in [0.4, 0.5) is 5.82 Å². The topological polar surface area (TPSA) is 134 Å². The highest BCUT2D eigenvalue weighted by Gasteiger charge is 2.27. The van der Waals surface area contributed by atoms with Gasteiger partial charge in [-0.25, -0.2) is 9.59 Å². The zero-order valence-electron chi connectivity index (χ0n) is 16.2. The molecule has 0 bridgehead atoms. The van der Waals surface area contributed by atoms with E-state index in [-0.39, 0.29) is 18.6 Å². The molecule has 2 heterocycles. The highest BCUT2D eigenvalue weighted by molar-refractivity contribution is 6.99. The molecule has 0 radical (unpaired) electrons. The molecule has 0 amide bonds. The summed E-state index contributed by atoms with van der Waals surface area (Å²) in [6, 6.07) is -0.702. The number of ether oxygens (including phenoxy) is 2. The number of aromatic nitrogens is 2. The molecular formula is C17H26N4O6S. The summed E-state index contributed by atoms with van der Waals surface area (Å²) in [5.41, 5.74) is -0.644. The predicted molar refractivity (Wildman–Crippen MR) is 103 cm³/mol. The lowest BCUT2D eigenvalue weighted by Crippen LogP contribution is -2.46. The SMILES string of the molecule is CC(C)(C)NC(CCOc1nsnc1N1CCOCC1)C(=CC(=O)O)C(=O)O. The van der Waals surface area contributed by atoms with Crippen LogP contribution in [0, 0.1) is 0 Å². The van der Waals surface area contributed by atoms with Crippen molar-refractivity contribution in [1.82, 2.24) is 14.1 Å². The molecule has 3 N–H and O–H groups in total. The Hall–Kier alpha value is -2.24. The maximum Gasteiger partial charge on any atom is 0.333 e. The van der Waals surface area contributed by atoms with Gasteiger partial charge >= 0.3 is 11.9 Å². The van der Waals surface area contributed by atoms with E-state index in [1.165, 1.54) is 0 Å². The van der Waals surface area contributed by atoms with Crippen molar-refractivity contribution in [2.24, 2.45) is 0 Å². The summed E-state index contributed by atoms with van der Waals surface area (Å²) in [5, 5.41) is 21.6. The van der Waals surface area contributed by atoms with Crippen LogP contribution in [-0.4, -0.2) is 75.4 Å². The van der Waals surface area contributed by atoms with Gasteiger partial charge in [0.25, 0.3) is 5.88 Å². The fourth-order valence-corrected chi connectivity index (χ4v) is 3.30. The zero-order chi connectivity index (χ0) is 20.7. The fourth-order valence-electron chi connectivity index (χ4n) is 2.78. The Bertz CT molecular complexity index is 709. The lowest BCUT2D eigenvalue weighted by Gasteiger charge is -2.29. The van der Waals surface area contributed by atoms with Gasteiger partial charge in [0, 0.05) is 37.2 Å². The Kier molecular flexibility index (Phi) is 7.72. The van der Waals surface area contributed by atoms with E-state index in [9.17, 15) is 14.7 Å². The molecule has 156 valence electrons. The Morgan fingerprint density at radius 2 is 2.00 bits per heavy atom. The van der Waals surface area contributed by atoms with E-state index in [2.05, 4.69) is 14.1 Å². The van der Waals surface area contributed by atoms with Crippen LogP contribution in [0.1, 0.15) is 27.2 Å². The number of rotatable bonds is 9. The molecule has 0 aliphatic carbocycles. The summed E-state index contributed by atoms with van der Waals surface area (Å²) < 4.78 is 19.5. The standard InChI is InChI=1S/C17H26N4O6S/c1-17(2,3)18-12(11(16(24)25)10-13(22)23)4-7-27-15-14(19-28-20-15)21-5-8-26-9-6-21/h10,12,18H,4-9H2,1-3H3,(H,22,23)(H,24,25). The van der Waals surface area contributed by atoms with Gasteiger partial charge in [-0.2, -0.15) is 4.37 Å². The summed E-state index contributed by atoms with van der Waals surface area (Å²) in [6.07, 6.45) is 0.970. The van der Waals surface area contributed by atoms with E-state index in [0.29, 0.717) is 38.0 Å². The smallest absolute Gasteiger partial charge is 0.333 e. The third-order valence-electron chi connectivity index (χ3n) is 3.91. The van der Waals surface area contributed by atoms with Gasteiger partial charge in [0.05, 0.1) is 37.1 Å². The highest BCUT2D eigenvalue weighted by atomic mass is 32.1. The van der Waals surface area contributed by atoms with Gasteiger partial charge < -0.3 is 29.9 Å². The second kappa shape index (κ2) is 9.80. The first-order chi connectivity index (χ1) is 13.2. The average molecular weight is 414 g/mol. The molecule has 28 heavy (non-hydrogen) atoms.